The summed E-state index contributed by atoms with van der Waals surface area (Å²) in [5.41, 5.74) is 1.99. The van der Waals surface area contributed by atoms with Gasteiger partial charge >= 0.3 is 0 Å². The van der Waals surface area contributed by atoms with Gasteiger partial charge in [-0.3, -0.25) is 14.7 Å². The topological polar surface area (TPSA) is 70.2 Å². The Balaban J connectivity index is 1.46. The Labute approximate surface area is 133 Å². The van der Waals surface area contributed by atoms with Gasteiger partial charge < -0.3 is 5.32 Å². The summed E-state index contributed by atoms with van der Waals surface area (Å²) in [4.78, 5) is 18.6. The van der Waals surface area contributed by atoms with Gasteiger partial charge in [0.05, 0.1) is 23.4 Å². The number of thiophene rings is 1. The third kappa shape index (κ3) is 3.94. The molecule has 0 saturated carbocycles. The number of aromatic amines is 1. The molecular weight excluding hydrogens is 300 g/mol. The highest BCUT2D eigenvalue weighted by Gasteiger charge is 2.13. The second kappa shape index (κ2) is 7.53. The van der Waals surface area contributed by atoms with E-state index in [1.54, 1.807) is 17.5 Å². The number of carbonyl (C=O) groups is 1. The maximum atomic E-state index is 12.0. The molecule has 1 amide bonds. The number of hydrogen-bond acceptors (Lipinski definition) is 5. The summed E-state index contributed by atoms with van der Waals surface area (Å²) in [6.45, 7) is 2.82. The zero-order valence-electron chi connectivity index (χ0n) is 12.4. The van der Waals surface area contributed by atoms with Gasteiger partial charge in [0, 0.05) is 31.6 Å². The van der Waals surface area contributed by atoms with Gasteiger partial charge in [-0.15, -0.1) is 11.3 Å². The van der Waals surface area contributed by atoms with Crippen LogP contribution >= 0.6 is 11.3 Å². The molecule has 3 heterocycles. The van der Waals surface area contributed by atoms with Gasteiger partial charge in [0.2, 0.25) is 5.91 Å². The maximum Gasteiger partial charge on any atom is 0.221 e. The molecule has 0 aromatic carbocycles. The van der Waals surface area contributed by atoms with Crippen molar-refractivity contribution in [1.29, 1.82) is 0 Å². The van der Waals surface area contributed by atoms with E-state index in [1.807, 2.05) is 22.6 Å². The minimum atomic E-state index is 0.0347. The lowest BCUT2D eigenvalue weighted by Crippen LogP contribution is -2.34. The van der Waals surface area contributed by atoms with Crippen molar-refractivity contribution >= 4 is 17.2 Å². The van der Waals surface area contributed by atoms with Crippen molar-refractivity contribution < 1.29 is 9.63 Å². The van der Waals surface area contributed by atoms with Crippen LogP contribution in [-0.4, -0.2) is 40.9 Å². The summed E-state index contributed by atoms with van der Waals surface area (Å²) in [7, 11) is 0. The minimum Gasteiger partial charge on any atom is -0.352 e. The molecule has 2 aromatic heterocycles. The quantitative estimate of drug-likeness (QED) is 0.856. The average molecular weight is 320 g/mol. The molecule has 0 unspecified atom stereocenters. The average Bonchev–Trinajstić information content (AvgIpc) is 3.22. The third-order valence-corrected chi connectivity index (χ3v) is 4.51. The van der Waals surface area contributed by atoms with Crippen molar-refractivity contribution in [3.05, 3.63) is 29.3 Å². The van der Waals surface area contributed by atoms with Crippen LogP contribution in [0.5, 0.6) is 0 Å². The molecule has 0 bridgehead atoms. The summed E-state index contributed by atoms with van der Waals surface area (Å²) in [5.74, 6) is 0.0347. The Bertz CT molecular complexity index is 590. The first-order valence-electron chi connectivity index (χ1n) is 7.53. The first-order valence-corrected chi connectivity index (χ1v) is 8.41. The van der Waals surface area contributed by atoms with Gasteiger partial charge in [0.15, 0.2) is 0 Å². The molecule has 1 aliphatic rings. The molecule has 0 spiro atoms. The fourth-order valence-corrected chi connectivity index (χ4v) is 3.17. The lowest BCUT2D eigenvalue weighted by Gasteiger charge is -2.25. The predicted octanol–water partition coefficient (Wildman–Crippen LogP) is 2.17. The van der Waals surface area contributed by atoms with Gasteiger partial charge in [-0.05, 0) is 24.3 Å². The fourth-order valence-electron chi connectivity index (χ4n) is 2.41. The van der Waals surface area contributed by atoms with Crippen LogP contribution in [0.2, 0.25) is 0 Å². The van der Waals surface area contributed by atoms with E-state index in [0.29, 0.717) is 19.5 Å². The number of rotatable bonds is 6. The molecule has 22 heavy (non-hydrogen) atoms. The zero-order chi connectivity index (χ0) is 15.2. The van der Waals surface area contributed by atoms with Crippen LogP contribution in [-0.2, 0) is 16.2 Å². The molecule has 0 radical (unpaired) electrons. The lowest BCUT2D eigenvalue weighted by molar-refractivity contribution is -0.181. The van der Waals surface area contributed by atoms with E-state index in [2.05, 4.69) is 15.5 Å². The number of hydrogen-bond donors (Lipinski definition) is 2. The van der Waals surface area contributed by atoms with E-state index in [0.717, 1.165) is 42.1 Å². The second-order valence-corrected chi connectivity index (χ2v) is 6.19. The maximum absolute atomic E-state index is 12.0. The fraction of sp³-hybridized carbons (Fsp3) is 0.467. The second-order valence-electron chi connectivity index (χ2n) is 5.24. The summed E-state index contributed by atoms with van der Waals surface area (Å²) in [6.07, 6.45) is 4.46. The normalized spacial score (nSPS) is 15.8. The SMILES string of the molecule is O=C(CCN1CCCCO1)NCc1cn[nH]c1-c1cccs1. The largest absolute Gasteiger partial charge is 0.352 e. The standard InChI is InChI=1S/C15H20N4O2S/c20-14(5-7-19-6-1-2-8-21-19)16-10-12-11-17-18-15(12)13-4-3-9-22-13/h3-4,9,11H,1-2,5-8,10H2,(H,16,20)(H,17,18). The van der Waals surface area contributed by atoms with Gasteiger partial charge in [-0.25, -0.2) is 0 Å². The van der Waals surface area contributed by atoms with Crippen molar-refractivity contribution in [2.75, 3.05) is 19.7 Å². The van der Waals surface area contributed by atoms with Crippen LogP contribution in [0.25, 0.3) is 10.6 Å². The van der Waals surface area contributed by atoms with Crippen molar-refractivity contribution in [1.82, 2.24) is 20.6 Å². The van der Waals surface area contributed by atoms with E-state index in [1.165, 1.54) is 0 Å². The first-order chi connectivity index (χ1) is 10.8. The molecule has 0 aliphatic carbocycles. The zero-order valence-corrected chi connectivity index (χ0v) is 13.2. The highest BCUT2D eigenvalue weighted by Crippen LogP contribution is 2.25. The van der Waals surface area contributed by atoms with Crippen molar-refractivity contribution in [2.45, 2.75) is 25.8 Å². The van der Waals surface area contributed by atoms with Crippen molar-refractivity contribution in [3.8, 4) is 10.6 Å². The number of H-pyrrole nitrogens is 1. The smallest absolute Gasteiger partial charge is 0.221 e. The minimum absolute atomic E-state index is 0.0347. The molecule has 118 valence electrons. The Morgan fingerprint density at radius 3 is 3.23 bits per heavy atom. The lowest BCUT2D eigenvalue weighted by atomic mass is 10.2. The molecule has 2 N–H and O–H groups in total. The van der Waals surface area contributed by atoms with Gasteiger partial charge in [-0.2, -0.15) is 10.2 Å². The molecular formula is C15H20N4O2S. The number of aromatic nitrogens is 2. The number of nitrogens with one attached hydrogen (secondary N) is 2. The molecule has 6 nitrogen and oxygen atoms in total. The van der Waals surface area contributed by atoms with E-state index in [4.69, 9.17) is 4.84 Å². The number of carbonyl (C=O) groups excluding carboxylic acids is 1. The highest BCUT2D eigenvalue weighted by molar-refractivity contribution is 7.13. The van der Waals surface area contributed by atoms with Crippen LogP contribution in [0.4, 0.5) is 0 Å². The Morgan fingerprint density at radius 1 is 1.50 bits per heavy atom. The van der Waals surface area contributed by atoms with Crippen LogP contribution in [0.3, 0.4) is 0 Å². The van der Waals surface area contributed by atoms with Crippen LogP contribution < -0.4 is 5.32 Å². The van der Waals surface area contributed by atoms with Gasteiger partial charge in [0.25, 0.3) is 0 Å². The summed E-state index contributed by atoms with van der Waals surface area (Å²) < 4.78 is 0. The molecule has 1 aliphatic heterocycles. The van der Waals surface area contributed by atoms with Gasteiger partial charge in [0.1, 0.15) is 0 Å². The number of hydroxylamine groups is 2. The molecule has 2 aromatic rings. The predicted molar refractivity (Wildman–Crippen MR) is 85.1 cm³/mol. The van der Waals surface area contributed by atoms with E-state index in [9.17, 15) is 4.79 Å². The molecule has 7 heteroatoms. The molecule has 0 atom stereocenters. The highest BCUT2D eigenvalue weighted by atomic mass is 32.1. The van der Waals surface area contributed by atoms with Gasteiger partial charge in [-0.1, -0.05) is 6.07 Å². The van der Waals surface area contributed by atoms with Crippen LogP contribution in [0.1, 0.15) is 24.8 Å². The van der Waals surface area contributed by atoms with E-state index in [-0.39, 0.29) is 5.91 Å². The summed E-state index contributed by atoms with van der Waals surface area (Å²) >= 11 is 1.65. The molecule has 1 saturated heterocycles. The number of amides is 1. The van der Waals surface area contributed by atoms with Crippen LogP contribution in [0.15, 0.2) is 23.7 Å². The Kier molecular flexibility index (Phi) is 5.20. The van der Waals surface area contributed by atoms with Crippen LogP contribution in [0, 0.1) is 0 Å². The molecule has 3 rings (SSSR count). The Hall–Kier alpha value is -1.70. The summed E-state index contributed by atoms with van der Waals surface area (Å²) in [6, 6.07) is 4.04. The molecule has 1 fully saturated rings. The summed E-state index contributed by atoms with van der Waals surface area (Å²) in [5, 5.41) is 13.9. The van der Waals surface area contributed by atoms with E-state index < -0.39 is 0 Å². The first kappa shape index (κ1) is 15.2. The monoisotopic (exact) mass is 320 g/mol. The van der Waals surface area contributed by atoms with Crippen molar-refractivity contribution in [3.63, 3.8) is 0 Å². The third-order valence-electron chi connectivity index (χ3n) is 3.63. The number of nitrogens with zero attached hydrogens (tertiary/aromatic N) is 2. The van der Waals surface area contributed by atoms with Crippen molar-refractivity contribution in [2.24, 2.45) is 0 Å². The Morgan fingerprint density at radius 2 is 2.45 bits per heavy atom. The van der Waals surface area contributed by atoms with E-state index >= 15 is 0 Å².